The fourth-order valence-corrected chi connectivity index (χ4v) is 3.27. The molecule has 2 aromatic carbocycles. The van der Waals surface area contributed by atoms with Gasteiger partial charge in [-0.25, -0.2) is 9.97 Å². The number of nitrogens with zero attached hydrogens (tertiary/aromatic N) is 3. The van der Waals surface area contributed by atoms with Crippen molar-refractivity contribution in [2.45, 2.75) is 19.9 Å². The van der Waals surface area contributed by atoms with Crippen LogP contribution in [0.15, 0.2) is 60.9 Å². The Morgan fingerprint density at radius 3 is 2.52 bits per heavy atom. The molecule has 1 aliphatic heterocycles. The van der Waals surface area contributed by atoms with E-state index in [9.17, 15) is 4.79 Å². The number of rotatable bonds is 4. The van der Waals surface area contributed by atoms with E-state index in [1.54, 1.807) is 6.33 Å². The first-order valence-electron chi connectivity index (χ1n) is 8.96. The number of aromatic nitrogens is 2. The minimum Gasteiger partial charge on any atom is -0.352 e. The van der Waals surface area contributed by atoms with Gasteiger partial charge >= 0.3 is 0 Å². The van der Waals surface area contributed by atoms with Crippen molar-refractivity contribution in [3.05, 3.63) is 72.1 Å². The number of anilines is 4. The molecule has 0 aliphatic carbocycles. The van der Waals surface area contributed by atoms with Crippen LogP contribution in [0.3, 0.4) is 0 Å². The number of hydrogen-bond acceptors (Lipinski definition) is 5. The highest BCUT2D eigenvalue weighted by Crippen LogP contribution is 2.25. The summed E-state index contributed by atoms with van der Waals surface area (Å²) in [6, 6.07) is 18.0. The second-order valence-corrected chi connectivity index (χ2v) is 6.59. The van der Waals surface area contributed by atoms with Crippen LogP contribution in [0.25, 0.3) is 0 Å². The van der Waals surface area contributed by atoms with Gasteiger partial charge in [0.2, 0.25) is 5.91 Å². The molecule has 0 saturated heterocycles. The van der Waals surface area contributed by atoms with Crippen LogP contribution in [0.2, 0.25) is 0 Å². The normalized spacial score (nSPS) is 13.0. The van der Waals surface area contributed by atoms with E-state index < -0.39 is 0 Å². The van der Waals surface area contributed by atoms with Gasteiger partial charge in [-0.3, -0.25) is 4.79 Å². The van der Waals surface area contributed by atoms with Gasteiger partial charge in [0.25, 0.3) is 0 Å². The lowest BCUT2D eigenvalue weighted by Gasteiger charge is -2.29. The minimum atomic E-state index is -0.0840. The van der Waals surface area contributed by atoms with E-state index in [2.05, 4.69) is 49.8 Å². The van der Waals surface area contributed by atoms with Crippen LogP contribution in [0.4, 0.5) is 23.0 Å². The first-order chi connectivity index (χ1) is 13.2. The standard InChI is InChI=1S/C21H21N5O/c1-15(27)24-18-6-8-19(9-7-18)25-20-12-21(23-14-22-20)26-11-10-16-4-2-3-5-17(16)13-26/h2-9,12,14H,10-11,13H2,1H3,(H,24,27)(H,22,23,25). The molecule has 3 aromatic rings. The maximum Gasteiger partial charge on any atom is 0.221 e. The van der Waals surface area contributed by atoms with Crippen molar-refractivity contribution >= 4 is 28.9 Å². The van der Waals surface area contributed by atoms with Crippen molar-refractivity contribution in [3.63, 3.8) is 0 Å². The lowest BCUT2D eigenvalue weighted by molar-refractivity contribution is -0.114. The molecular weight excluding hydrogens is 338 g/mol. The number of nitrogens with one attached hydrogen (secondary N) is 2. The van der Waals surface area contributed by atoms with Crippen LogP contribution in [-0.4, -0.2) is 22.4 Å². The van der Waals surface area contributed by atoms with Crippen molar-refractivity contribution in [1.29, 1.82) is 0 Å². The monoisotopic (exact) mass is 359 g/mol. The predicted octanol–water partition coefficient (Wildman–Crippen LogP) is 3.74. The minimum absolute atomic E-state index is 0.0840. The highest BCUT2D eigenvalue weighted by Gasteiger charge is 2.17. The average Bonchev–Trinajstić information content (AvgIpc) is 2.69. The van der Waals surface area contributed by atoms with Crippen LogP contribution >= 0.6 is 0 Å². The van der Waals surface area contributed by atoms with E-state index in [1.807, 2.05) is 30.3 Å². The predicted molar refractivity (Wildman–Crippen MR) is 107 cm³/mol. The maximum atomic E-state index is 11.1. The summed E-state index contributed by atoms with van der Waals surface area (Å²) in [6.07, 6.45) is 2.61. The molecule has 0 spiro atoms. The smallest absolute Gasteiger partial charge is 0.221 e. The van der Waals surface area contributed by atoms with Crippen LogP contribution in [0, 0.1) is 0 Å². The molecule has 0 saturated carbocycles. The summed E-state index contributed by atoms with van der Waals surface area (Å²) < 4.78 is 0. The first-order valence-corrected chi connectivity index (χ1v) is 8.96. The van der Waals surface area contributed by atoms with E-state index in [0.29, 0.717) is 0 Å². The number of fused-ring (bicyclic) bond motifs is 1. The van der Waals surface area contributed by atoms with Crippen molar-refractivity contribution < 1.29 is 4.79 Å². The van der Waals surface area contributed by atoms with Gasteiger partial charge in [-0.1, -0.05) is 24.3 Å². The Labute approximate surface area is 158 Å². The molecular formula is C21H21N5O. The second-order valence-electron chi connectivity index (χ2n) is 6.59. The molecule has 0 bridgehead atoms. The Balaban J connectivity index is 1.47. The van der Waals surface area contributed by atoms with Crippen molar-refractivity contribution in [3.8, 4) is 0 Å². The SMILES string of the molecule is CC(=O)Nc1ccc(Nc2cc(N3CCc4ccccc4C3)ncn2)cc1. The largest absolute Gasteiger partial charge is 0.352 e. The van der Waals surface area contributed by atoms with Gasteiger partial charge in [-0.05, 0) is 41.8 Å². The number of hydrogen-bond donors (Lipinski definition) is 2. The number of amides is 1. The average molecular weight is 359 g/mol. The maximum absolute atomic E-state index is 11.1. The summed E-state index contributed by atoms with van der Waals surface area (Å²) in [5, 5.41) is 6.05. The number of carbonyl (C=O) groups excluding carboxylic acids is 1. The van der Waals surface area contributed by atoms with Gasteiger partial charge in [-0.15, -0.1) is 0 Å². The Morgan fingerprint density at radius 2 is 1.74 bits per heavy atom. The number of benzene rings is 2. The zero-order valence-electron chi connectivity index (χ0n) is 15.1. The Morgan fingerprint density at radius 1 is 1.00 bits per heavy atom. The Kier molecular flexibility index (Phi) is 4.70. The molecule has 136 valence electrons. The highest BCUT2D eigenvalue weighted by molar-refractivity contribution is 5.88. The van der Waals surface area contributed by atoms with Gasteiger partial charge in [0, 0.05) is 37.5 Å². The van der Waals surface area contributed by atoms with E-state index in [-0.39, 0.29) is 5.91 Å². The van der Waals surface area contributed by atoms with Crippen LogP contribution < -0.4 is 15.5 Å². The molecule has 0 fully saturated rings. The van der Waals surface area contributed by atoms with Gasteiger partial charge in [-0.2, -0.15) is 0 Å². The van der Waals surface area contributed by atoms with Crippen LogP contribution in [-0.2, 0) is 17.8 Å². The summed E-state index contributed by atoms with van der Waals surface area (Å²) in [7, 11) is 0. The van der Waals surface area contributed by atoms with E-state index in [1.165, 1.54) is 18.1 Å². The molecule has 2 heterocycles. The van der Waals surface area contributed by atoms with E-state index >= 15 is 0 Å². The topological polar surface area (TPSA) is 70.2 Å². The van der Waals surface area contributed by atoms with Crippen LogP contribution in [0.1, 0.15) is 18.1 Å². The molecule has 1 amide bonds. The van der Waals surface area contributed by atoms with Crippen LogP contribution in [0.5, 0.6) is 0 Å². The molecule has 6 heteroatoms. The quantitative estimate of drug-likeness (QED) is 0.743. The molecule has 1 aliphatic rings. The fourth-order valence-electron chi connectivity index (χ4n) is 3.27. The fraction of sp³-hybridized carbons (Fsp3) is 0.190. The van der Waals surface area contributed by atoms with Gasteiger partial charge in [0.15, 0.2) is 0 Å². The summed E-state index contributed by atoms with van der Waals surface area (Å²) in [6.45, 7) is 3.30. The summed E-state index contributed by atoms with van der Waals surface area (Å²) in [4.78, 5) is 22.2. The lowest BCUT2D eigenvalue weighted by atomic mass is 10.00. The first kappa shape index (κ1) is 17.0. The van der Waals surface area contributed by atoms with Gasteiger partial charge in [0.1, 0.15) is 18.0 Å². The summed E-state index contributed by atoms with van der Waals surface area (Å²) in [5.41, 5.74) is 4.44. The zero-order chi connectivity index (χ0) is 18.6. The molecule has 1 aromatic heterocycles. The third-order valence-corrected chi connectivity index (χ3v) is 4.58. The molecule has 0 atom stereocenters. The highest BCUT2D eigenvalue weighted by atomic mass is 16.1. The molecule has 4 rings (SSSR count). The third kappa shape index (κ3) is 4.06. The molecule has 2 N–H and O–H groups in total. The Bertz CT molecular complexity index is 955. The second kappa shape index (κ2) is 7.45. The van der Waals surface area contributed by atoms with Gasteiger partial charge in [0.05, 0.1) is 0 Å². The van der Waals surface area contributed by atoms with Crippen molar-refractivity contribution in [1.82, 2.24) is 9.97 Å². The molecule has 6 nitrogen and oxygen atoms in total. The zero-order valence-corrected chi connectivity index (χ0v) is 15.1. The lowest BCUT2D eigenvalue weighted by Crippen LogP contribution is -2.31. The molecule has 0 radical (unpaired) electrons. The number of carbonyl (C=O) groups is 1. The molecule has 27 heavy (non-hydrogen) atoms. The Hall–Kier alpha value is -3.41. The third-order valence-electron chi connectivity index (χ3n) is 4.58. The van der Waals surface area contributed by atoms with Crippen molar-refractivity contribution in [2.75, 3.05) is 22.1 Å². The summed E-state index contributed by atoms with van der Waals surface area (Å²) >= 11 is 0. The van der Waals surface area contributed by atoms with E-state index in [0.717, 1.165) is 42.5 Å². The van der Waals surface area contributed by atoms with Gasteiger partial charge < -0.3 is 15.5 Å². The summed E-state index contributed by atoms with van der Waals surface area (Å²) in [5.74, 6) is 1.57. The van der Waals surface area contributed by atoms with Crippen molar-refractivity contribution in [2.24, 2.45) is 0 Å². The molecule has 0 unspecified atom stereocenters. The van der Waals surface area contributed by atoms with E-state index in [4.69, 9.17) is 0 Å².